The van der Waals surface area contributed by atoms with E-state index in [-0.39, 0.29) is 18.5 Å². The van der Waals surface area contributed by atoms with Crippen LogP contribution in [0.2, 0.25) is 0 Å². The number of rotatable bonds is 4. The van der Waals surface area contributed by atoms with Crippen LogP contribution >= 0.6 is 0 Å². The molecule has 6 heteroatoms. The Bertz CT molecular complexity index is 412. The van der Waals surface area contributed by atoms with E-state index in [2.05, 4.69) is 9.84 Å². The summed E-state index contributed by atoms with van der Waals surface area (Å²) in [5.74, 6) is -0.667. The number of ether oxygens (including phenoxy) is 1. The van der Waals surface area contributed by atoms with Gasteiger partial charge < -0.3 is 9.64 Å². The summed E-state index contributed by atoms with van der Waals surface area (Å²) in [4.78, 5) is 24.9. The van der Waals surface area contributed by atoms with Crippen LogP contribution in [0, 0.1) is 0 Å². The Morgan fingerprint density at radius 1 is 1.53 bits per heavy atom. The number of amides is 1. The highest BCUT2D eigenvalue weighted by molar-refractivity contribution is 5.94. The lowest BCUT2D eigenvalue weighted by Crippen LogP contribution is -2.41. The molecule has 1 aromatic heterocycles. The Balaban J connectivity index is 2.89. The van der Waals surface area contributed by atoms with Gasteiger partial charge in [0.1, 0.15) is 12.2 Å². The van der Waals surface area contributed by atoms with Crippen molar-refractivity contribution in [3.8, 4) is 0 Å². The minimum atomic E-state index is -0.436. The lowest BCUT2D eigenvalue weighted by Gasteiger charge is -2.25. The molecule has 0 spiro atoms. The van der Waals surface area contributed by atoms with Crippen molar-refractivity contribution in [1.29, 1.82) is 0 Å². The van der Waals surface area contributed by atoms with Crippen molar-refractivity contribution in [2.45, 2.75) is 19.9 Å². The summed E-state index contributed by atoms with van der Waals surface area (Å²) in [6.45, 7) is 3.63. The van der Waals surface area contributed by atoms with Crippen LogP contribution in [0.3, 0.4) is 0 Å². The Morgan fingerprint density at radius 3 is 2.59 bits per heavy atom. The van der Waals surface area contributed by atoms with Gasteiger partial charge in [0.2, 0.25) is 0 Å². The zero-order chi connectivity index (χ0) is 13.0. The van der Waals surface area contributed by atoms with E-state index in [0.29, 0.717) is 5.69 Å². The summed E-state index contributed by atoms with van der Waals surface area (Å²) < 4.78 is 6.05. The highest BCUT2D eigenvalue weighted by atomic mass is 16.5. The zero-order valence-corrected chi connectivity index (χ0v) is 10.5. The molecule has 0 aliphatic heterocycles. The lowest BCUT2D eigenvalue weighted by atomic mass is 10.2. The van der Waals surface area contributed by atoms with Gasteiger partial charge in [0.05, 0.1) is 7.11 Å². The van der Waals surface area contributed by atoms with Gasteiger partial charge in [0, 0.05) is 19.3 Å². The fraction of sp³-hybridized carbons (Fsp3) is 0.545. The van der Waals surface area contributed by atoms with Gasteiger partial charge in [-0.15, -0.1) is 0 Å². The van der Waals surface area contributed by atoms with Gasteiger partial charge in [-0.2, -0.15) is 5.10 Å². The monoisotopic (exact) mass is 239 g/mol. The molecule has 1 amide bonds. The molecule has 0 atom stereocenters. The molecular formula is C11H17N3O3. The maximum Gasteiger partial charge on any atom is 0.325 e. The predicted octanol–water partition coefficient (Wildman–Crippen LogP) is 0.444. The topological polar surface area (TPSA) is 64.4 Å². The third-order valence-electron chi connectivity index (χ3n) is 2.45. The van der Waals surface area contributed by atoms with Crippen molar-refractivity contribution in [2.24, 2.45) is 7.05 Å². The van der Waals surface area contributed by atoms with Crippen LogP contribution in [0.1, 0.15) is 24.3 Å². The second-order valence-corrected chi connectivity index (χ2v) is 3.94. The fourth-order valence-corrected chi connectivity index (χ4v) is 1.42. The number of carbonyl (C=O) groups is 2. The zero-order valence-electron chi connectivity index (χ0n) is 10.5. The van der Waals surface area contributed by atoms with Gasteiger partial charge in [0.25, 0.3) is 5.91 Å². The van der Waals surface area contributed by atoms with E-state index in [4.69, 9.17) is 0 Å². The predicted molar refractivity (Wildman–Crippen MR) is 61.4 cm³/mol. The van der Waals surface area contributed by atoms with E-state index in [1.807, 2.05) is 13.8 Å². The highest BCUT2D eigenvalue weighted by Crippen LogP contribution is 2.07. The number of esters is 1. The molecule has 1 rings (SSSR count). The minimum Gasteiger partial charge on any atom is -0.468 e. The molecule has 0 fully saturated rings. The molecule has 0 radical (unpaired) electrons. The van der Waals surface area contributed by atoms with Crippen LogP contribution in [0.15, 0.2) is 12.3 Å². The SMILES string of the molecule is COC(=O)CN(C(=O)c1ccnn1C)C(C)C. The third kappa shape index (κ3) is 3.05. The van der Waals surface area contributed by atoms with Crippen LogP contribution in [0.25, 0.3) is 0 Å². The maximum absolute atomic E-state index is 12.2. The van der Waals surface area contributed by atoms with Gasteiger partial charge in [0.15, 0.2) is 0 Å². The molecule has 0 unspecified atom stereocenters. The fourth-order valence-electron chi connectivity index (χ4n) is 1.42. The molecule has 0 aliphatic carbocycles. The van der Waals surface area contributed by atoms with Gasteiger partial charge >= 0.3 is 5.97 Å². The van der Waals surface area contributed by atoms with Gasteiger partial charge in [-0.25, -0.2) is 0 Å². The lowest BCUT2D eigenvalue weighted by molar-refractivity contribution is -0.141. The molecule has 94 valence electrons. The number of carbonyl (C=O) groups excluding carboxylic acids is 2. The maximum atomic E-state index is 12.2. The van der Waals surface area contributed by atoms with Crippen molar-refractivity contribution < 1.29 is 14.3 Å². The number of hydrogen-bond acceptors (Lipinski definition) is 4. The number of aromatic nitrogens is 2. The Labute approximate surface area is 100 Å². The first-order valence-electron chi connectivity index (χ1n) is 5.33. The van der Waals surface area contributed by atoms with Crippen LogP contribution < -0.4 is 0 Å². The number of hydrogen-bond donors (Lipinski definition) is 0. The van der Waals surface area contributed by atoms with E-state index in [0.717, 1.165) is 0 Å². The van der Waals surface area contributed by atoms with E-state index < -0.39 is 5.97 Å². The van der Waals surface area contributed by atoms with Crippen LogP contribution in [-0.4, -0.2) is 46.3 Å². The van der Waals surface area contributed by atoms with Crippen LogP contribution in [-0.2, 0) is 16.6 Å². The highest BCUT2D eigenvalue weighted by Gasteiger charge is 2.23. The standard InChI is InChI=1S/C11H17N3O3/c1-8(2)14(7-10(15)17-4)11(16)9-5-6-12-13(9)3/h5-6,8H,7H2,1-4H3. The average Bonchev–Trinajstić information content (AvgIpc) is 2.70. The molecule has 6 nitrogen and oxygen atoms in total. The number of aryl methyl sites for hydroxylation is 1. The summed E-state index contributed by atoms with van der Waals surface area (Å²) in [6, 6.07) is 1.53. The molecule has 0 aliphatic rings. The van der Waals surface area contributed by atoms with Crippen molar-refractivity contribution in [3.63, 3.8) is 0 Å². The normalized spacial score (nSPS) is 10.4. The van der Waals surface area contributed by atoms with Crippen LogP contribution in [0.4, 0.5) is 0 Å². The number of methoxy groups -OCH3 is 1. The van der Waals surface area contributed by atoms with Gasteiger partial charge in [-0.1, -0.05) is 0 Å². The summed E-state index contributed by atoms with van der Waals surface area (Å²) in [7, 11) is 2.99. The second kappa shape index (κ2) is 5.47. The summed E-state index contributed by atoms with van der Waals surface area (Å²) in [5.41, 5.74) is 0.447. The summed E-state index contributed by atoms with van der Waals surface area (Å²) in [6.07, 6.45) is 1.55. The number of nitrogens with zero attached hydrogens (tertiary/aromatic N) is 3. The average molecular weight is 239 g/mol. The molecule has 0 N–H and O–H groups in total. The van der Waals surface area contributed by atoms with Crippen molar-refractivity contribution in [2.75, 3.05) is 13.7 Å². The molecule has 1 heterocycles. The largest absolute Gasteiger partial charge is 0.468 e. The first-order chi connectivity index (χ1) is 7.97. The van der Waals surface area contributed by atoms with E-state index >= 15 is 0 Å². The minimum absolute atomic E-state index is 0.0574. The van der Waals surface area contributed by atoms with Gasteiger partial charge in [-0.3, -0.25) is 14.3 Å². The van der Waals surface area contributed by atoms with Crippen LogP contribution in [0.5, 0.6) is 0 Å². The van der Waals surface area contributed by atoms with E-state index in [1.54, 1.807) is 19.3 Å². The Kier molecular flexibility index (Phi) is 4.25. The first kappa shape index (κ1) is 13.2. The molecular weight excluding hydrogens is 222 g/mol. The quantitative estimate of drug-likeness (QED) is 0.715. The van der Waals surface area contributed by atoms with E-state index in [1.165, 1.54) is 16.7 Å². The molecule has 0 bridgehead atoms. The molecule has 0 saturated carbocycles. The smallest absolute Gasteiger partial charge is 0.325 e. The second-order valence-electron chi connectivity index (χ2n) is 3.94. The Hall–Kier alpha value is -1.85. The van der Waals surface area contributed by atoms with Crippen molar-refractivity contribution >= 4 is 11.9 Å². The summed E-state index contributed by atoms with van der Waals surface area (Å²) in [5, 5.41) is 3.93. The van der Waals surface area contributed by atoms with Crippen molar-refractivity contribution in [1.82, 2.24) is 14.7 Å². The molecule has 0 saturated heterocycles. The van der Waals surface area contributed by atoms with E-state index in [9.17, 15) is 9.59 Å². The molecule has 17 heavy (non-hydrogen) atoms. The third-order valence-corrected chi connectivity index (χ3v) is 2.45. The first-order valence-corrected chi connectivity index (χ1v) is 5.33. The molecule has 1 aromatic rings. The Morgan fingerprint density at radius 2 is 2.18 bits per heavy atom. The van der Waals surface area contributed by atoms with Crippen molar-refractivity contribution in [3.05, 3.63) is 18.0 Å². The molecule has 0 aromatic carbocycles. The van der Waals surface area contributed by atoms with Gasteiger partial charge in [-0.05, 0) is 19.9 Å². The summed E-state index contributed by atoms with van der Waals surface area (Å²) >= 11 is 0.